The Balaban J connectivity index is 3.78. The summed E-state index contributed by atoms with van der Waals surface area (Å²) in [4.78, 5) is 0. The van der Waals surface area contributed by atoms with Gasteiger partial charge in [0.15, 0.2) is 12.6 Å². The minimum Gasteiger partial charge on any atom is -0.388 e. The largest absolute Gasteiger partial charge is 0.388 e. The van der Waals surface area contributed by atoms with Crippen LogP contribution in [0.15, 0.2) is 0 Å². The maximum Gasteiger partial charge on any atom is 0.180 e. The van der Waals surface area contributed by atoms with Gasteiger partial charge in [0, 0.05) is 5.92 Å². The first-order valence-corrected chi connectivity index (χ1v) is 4.70. The second-order valence-corrected chi connectivity index (χ2v) is 3.71. The molecule has 0 aromatic carbocycles. The highest BCUT2D eigenvalue weighted by Gasteiger charge is 2.20. The summed E-state index contributed by atoms with van der Waals surface area (Å²) in [6.07, 6.45) is -3.56. The Morgan fingerprint density at radius 3 is 1.86 bits per heavy atom. The van der Waals surface area contributed by atoms with E-state index in [0.29, 0.717) is 0 Å². The molecule has 0 aliphatic rings. The quantitative estimate of drug-likeness (QED) is 0.433. The number of hydrogen-bond donors (Lipinski definition) is 4. The molecule has 86 valence electrons. The van der Waals surface area contributed by atoms with Crippen LogP contribution in [0.2, 0.25) is 0 Å². The molecule has 4 atom stereocenters. The Labute approximate surface area is 83.9 Å². The Bertz CT molecular complexity index is 148. The molecule has 14 heavy (non-hydrogen) atoms. The van der Waals surface area contributed by atoms with Crippen molar-refractivity contribution in [3.05, 3.63) is 0 Å². The topological polar surface area (TPSA) is 90.2 Å². The molecule has 0 aromatic heterocycles. The fourth-order valence-corrected chi connectivity index (χ4v) is 0.835. The van der Waals surface area contributed by atoms with E-state index in [2.05, 4.69) is 0 Å². The van der Waals surface area contributed by atoms with E-state index >= 15 is 0 Å². The minimum absolute atomic E-state index is 0.108. The van der Waals surface area contributed by atoms with E-state index in [1.54, 1.807) is 13.8 Å². The van der Waals surface area contributed by atoms with Crippen LogP contribution in [0.25, 0.3) is 0 Å². The molecule has 4 N–H and O–H groups in total. The third-order valence-electron chi connectivity index (χ3n) is 2.31. The number of ether oxygens (including phenoxy) is 1. The number of aliphatic hydroxyl groups excluding tert-OH is 3. The predicted molar refractivity (Wildman–Crippen MR) is 50.2 cm³/mol. The molecule has 0 spiro atoms. The van der Waals surface area contributed by atoms with Crippen molar-refractivity contribution in [2.75, 3.05) is 6.61 Å². The second kappa shape index (κ2) is 6.31. The Morgan fingerprint density at radius 2 is 1.50 bits per heavy atom. The van der Waals surface area contributed by atoms with Crippen molar-refractivity contribution in [3.63, 3.8) is 0 Å². The van der Waals surface area contributed by atoms with E-state index in [1.807, 2.05) is 0 Å². The van der Waals surface area contributed by atoms with Gasteiger partial charge in [0.1, 0.15) is 6.10 Å². The Hall–Kier alpha value is -0.200. The van der Waals surface area contributed by atoms with E-state index in [0.717, 1.165) is 0 Å². The smallest absolute Gasteiger partial charge is 0.180 e. The normalized spacial score (nSPS) is 20.6. The fraction of sp³-hybridized carbons (Fsp3) is 1.00. The zero-order chi connectivity index (χ0) is 11.3. The first-order valence-electron chi connectivity index (χ1n) is 4.70. The van der Waals surface area contributed by atoms with E-state index in [-0.39, 0.29) is 18.4 Å². The monoisotopic (exact) mass is 208 g/mol. The van der Waals surface area contributed by atoms with Gasteiger partial charge in [0.25, 0.3) is 0 Å². The molecule has 4 unspecified atom stereocenters. The highest BCUT2D eigenvalue weighted by atomic mass is 16.6. The molecule has 0 aliphatic carbocycles. The van der Waals surface area contributed by atoms with Crippen LogP contribution in [-0.2, 0) is 4.74 Å². The van der Waals surface area contributed by atoms with Gasteiger partial charge in [-0.25, -0.2) is 0 Å². The van der Waals surface area contributed by atoms with Gasteiger partial charge in [-0.3, -0.25) is 0 Å². The molecule has 5 nitrogen and oxygen atoms in total. The molecule has 0 saturated heterocycles. The lowest BCUT2D eigenvalue weighted by Crippen LogP contribution is -2.31. The summed E-state index contributed by atoms with van der Waals surface area (Å²) in [6, 6.07) is 0. The van der Waals surface area contributed by atoms with Gasteiger partial charge in [0.05, 0.1) is 6.61 Å². The summed E-state index contributed by atoms with van der Waals surface area (Å²) in [5.41, 5.74) is 0. The lowest BCUT2D eigenvalue weighted by atomic mass is 9.96. The van der Waals surface area contributed by atoms with E-state index in [4.69, 9.17) is 25.2 Å². The summed E-state index contributed by atoms with van der Waals surface area (Å²) in [7, 11) is 0. The third-order valence-corrected chi connectivity index (χ3v) is 2.31. The highest BCUT2D eigenvalue weighted by molar-refractivity contribution is 4.63. The van der Waals surface area contributed by atoms with E-state index in [1.165, 1.54) is 6.92 Å². The molecule has 0 aliphatic heterocycles. The van der Waals surface area contributed by atoms with Crippen molar-refractivity contribution in [2.45, 2.75) is 39.5 Å². The molecule has 0 heterocycles. The van der Waals surface area contributed by atoms with Crippen LogP contribution in [0.4, 0.5) is 0 Å². The van der Waals surface area contributed by atoms with Gasteiger partial charge in [-0.15, -0.1) is 0 Å². The molecule has 5 heteroatoms. The van der Waals surface area contributed by atoms with E-state index < -0.39 is 18.7 Å². The fourth-order valence-electron chi connectivity index (χ4n) is 0.835. The molecule has 0 amide bonds. The minimum atomic E-state index is -1.39. The van der Waals surface area contributed by atoms with Crippen LogP contribution in [0.5, 0.6) is 0 Å². The average Bonchev–Trinajstić information content (AvgIpc) is 2.11. The lowest BCUT2D eigenvalue weighted by Gasteiger charge is -2.23. The van der Waals surface area contributed by atoms with Crippen LogP contribution in [0.3, 0.4) is 0 Å². The van der Waals surface area contributed by atoms with Crippen LogP contribution < -0.4 is 0 Å². The summed E-state index contributed by atoms with van der Waals surface area (Å²) < 4.78 is 4.92. The van der Waals surface area contributed by atoms with Crippen molar-refractivity contribution in [3.8, 4) is 0 Å². The molecule has 0 saturated carbocycles. The standard InChI is InChI=1S/C9H20O5/c1-5(6(2)8(11)12)4-14-9(13)7(3)10/h5-13H,4H2,1-3H3. The number of hydrogen-bond acceptors (Lipinski definition) is 5. The Morgan fingerprint density at radius 1 is 1.00 bits per heavy atom. The van der Waals surface area contributed by atoms with Crippen LogP contribution in [0, 0.1) is 11.8 Å². The number of rotatable bonds is 6. The lowest BCUT2D eigenvalue weighted by molar-refractivity contribution is -0.173. The first-order chi connectivity index (χ1) is 6.36. The van der Waals surface area contributed by atoms with Crippen molar-refractivity contribution >= 4 is 0 Å². The molecular formula is C9H20O5. The van der Waals surface area contributed by atoms with Crippen molar-refractivity contribution in [1.82, 2.24) is 0 Å². The number of aliphatic hydroxyl groups is 4. The summed E-state index contributed by atoms with van der Waals surface area (Å²) >= 11 is 0. The van der Waals surface area contributed by atoms with Crippen LogP contribution in [0.1, 0.15) is 20.8 Å². The van der Waals surface area contributed by atoms with Gasteiger partial charge in [-0.05, 0) is 12.8 Å². The van der Waals surface area contributed by atoms with Crippen LogP contribution in [-0.4, -0.2) is 45.7 Å². The van der Waals surface area contributed by atoms with Crippen LogP contribution >= 0.6 is 0 Å². The molecule has 0 fully saturated rings. The van der Waals surface area contributed by atoms with Gasteiger partial charge >= 0.3 is 0 Å². The third kappa shape index (κ3) is 4.88. The highest BCUT2D eigenvalue weighted by Crippen LogP contribution is 2.15. The summed E-state index contributed by atoms with van der Waals surface area (Å²) in [5, 5.41) is 35.7. The van der Waals surface area contributed by atoms with Crippen molar-refractivity contribution in [2.24, 2.45) is 11.8 Å². The maximum atomic E-state index is 9.10. The van der Waals surface area contributed by atoms with Gasteiger partial charge < -0.3 is 25.2 Å². The van der Waals surface area contributed by atoms with E-state index in [9.17, 15) is 0 Å². The molecule has 0 radical (unpaired) electrons. The molecule has 0 bridgehead atoms. The summed E-state index contributed by atoms with van der Waals surface area (Å²) in [5.74, 6) is -0.445. The molecule has 0 rings (SSSR count). The van der Waals surface area contributed by atoms with Gasteiger partial charge in [0.2, 0.25) is 0 Å². The SMILES string of the molecule is CC(O)C(O)OCC(C)C(C)C(O)O. The zero-order valence-corrected chi connectivity index (χ0v) is 8.79. The van der Waals surface area contributed by atoms with Gasteiger partial charge in [-0.1, -0.05) is 13.8 Å². The Kier molecular flexibility index (Phi) is 6.22. The second-order valence-electron chi connectivity index (χ2n) is 3.71. The summed E-state index contributed by atoms with van der Waals surface area (Å²) in [6.45, 7) is 5.04. The first kappa shape index (κ1) is 13.8. The molecule has 0 aromatic rings. The van der Waals surface area contributed by atoms with Gasteiger partial charge in [-0.2, -0.15) is 0 Å². The van der Waals surface area contributed by atoms with Crippen molar-refractivity contribution in [1.29, 1.82) is 0 Å². The maximum absolute atomic E-state index is 9.10. The zero-order valence-electron chi connectivity index (χ0n) is 8.79. The predicted octanol–water partition coefficient (Wildman–Crippen LogP) is -0.715. The van der Waals surface area contributed by atoms with Crippen molar-refractivity contribution < 1.29 is 25.2 Å². The molecular weight excluding hydrogens is 188 g/mol. The average molecular weight is 208 g/mol.